The highest BCUT2D eigenvalue weighted by Crippen LogP contribution is 2.47. The van der Waals surface area contributed by atoms with E-state index in [1.54, 1.807) is 24.3 Å². The fraction of sp³-hybridized carbons (Fsp3) is 0.350. The van der Waals surface area contributed by atoms with Gasteiger partial charge in [0.25, 0.3) is 0 Å². The largest absolute Gasteiger partial charge is 0.433 e. The Kier molecular flexibility index (Phi) is 4.20. The Morgan fingerprint density at radius 2 is 1.54 bits per heavy atom. The van der Waals surface area contributed by atoms with Crippen molar-refractivity contribution in [3.8, 4) is 0 Å². The number of ether oxygens (including phenoxy) is 2. The molecule has 3 atom stereocenters. The van der Waals surface area contributed by atoms with Crippen LogP contribution in [0, 0.1) is 5.41 Å². The summed E-state index contributed by atoms with van der Waals surface area (Å²) < 4.78 is 11.6. The summed E-state index contributed by atoms with van der Waals surface area (Å²) in [5.74, 6) is -0.565. The average molecular weight is 326 g/mol. The molecule has 126 valence electrons. The van der Waals surface area contributed by atoms with E-state index in [1.807, 2.05) is 57.2 Å². The Bertz CT molecular complexity index is 705. The van der Waals surface area contributed by atoms with Gasteiger partial charge in [-0.2, -0.15) is 0 Å². The Labute approximate surface area is 142 Å². The molecule has 4 nitrogen and oxygen atoms in total. The topological polar surface area (TPSA) is 55.8 Å². The third-order valence-corrected chi connectivity index (χ3v) is 4.22. The van der Waals surface area contributed by atoms with Gasteiger partial charge < -0.3 is 14.6 Å². The first-order valence-corrected chi connectivity index (χ1v) is 8.03. The number of hydrogen-bond acceptors (Lipinski definition) is 4. The first-order valence-electron chi connectivity index (χ1n) is 8.03. The quantitative estimate of drug-likeness (QED) is 0.876. The van der Waals surface area contributed by atoms with Crippen molar-refractivity contribution in [2.75, 3.05) is 0 Å². The Hall–Kier alpha value is -2.17. The molecule has 1 aliphatic rings. The van der Waals surface area contributed by atoms with Crippen molar-refractivity contribution < 1.29 is 19.4 Å². The number of rotatable bonds is 3. The molecule has 0 aromatic heterocycles. The third kappa shape index (κ3) is 2.72. The summed E-state index contributed by atoms with van der Waals surface area (Å²) in [6.07, 6.45) is -1.90. The predicted octanol–water partition coefficient (Wildman–Crippen LogP) is 3.56. The van der Waals surface area contributed by atoms with E-state index in [9.17, 15) is 9.90 Å². The van der Waals surface area contributed by atoms with Crippen LogP contribution in [-0.4, -0.2) is 17.4 Å². The molecule has 1 heterocycles. The minimum Gasteiger partial charge on any atom is -0.433 e. The number of aliphatic hydroxyl groups excluding tert-OH is 1. The van der Waals surface area contributed by atoms with Gasteiger partial charge in [-0.05, 0) is 11.1 Å². The Morgan fingerprint density at radius 1 is 1.00 bits per heavy atom. The van der Waals surface area contributed by atoms with Gasteiger partial charge in [0.15, 0.2) is 0 Å². The first kappa shape index (κ1) is 16.7. The number of aliphatic hydroxyl groups is 1. The number of cyclic esters (lactones) is 1. The van der Waals surface area contributed by atoms with Crippen LogP contribution in [0.5, 0.6) is 0 Å². The number of benzene rings is 2. The second-order valence-electron chi connectivity index (χ2n) is 7.14. The molecule has 1 aliphatic heterocycles. The number of esters is 1. The normalized spacial score (nSPS) is 25.3. The van der Waals surface area contributed by atoms with E-state index in [0.717, 1.165) is 0 Å². The van der Waals surface area contributed by atoms with Crippen molar-refractivity contribution >= 4 is 5.97 Å². The zero-order valence-electron chi connectivity index (χ0n) is 14.1. The van der Waals surface area contributed by atoms with Crippen LogP contribution in [0.1, 0.15) is 38.0 Å². The van der Waals surface area contributed by atoms with E-state index < -0.39 is 29.4 Å². The van der Waals surface area contributed by atoms with Crippen LogP contribution in [0.15, 0.2) is 60.7 Å². The highest BCUT2D eigenvalue weighted by atomic mass is 16.8. The highest BCUT2D eigenvalue weighted by Gasteiger charge is 2.59. The molecule has 0 saturated carbocycles. The molecule has 4 heteroatoms. The van der Waals surface area contributed by atoms with Crippen molar-refractivity contribution in [2.24, 2.45) is 5.41 Å². The molecule has 0 amide bonds. The fourth-order valence-electron chi connectivity index (χ4n) is 2.85. The van der Waals surface area contributed by atoms with Gasteiger partial charge in [-0.15, -0.1) is 0 Å². The van der Waals surface area contributed by atoms with Crippen molar-refractivity contribution in [2.45, 2.75) is 38.8 Å². The molecule has 2 aromatic rings. The summed E-state index contributed by atoms with van der Waals surface area (Å²) in [5.41, 5.74) is -0.783. The van der Waals surface area contributed by atoms with Crippen LogP contribution in [0.2, 0.25) is 0 Å². The number of carbonyl (C=O) groups excluding carboxylic acids is 1. The lowest BCUT2D eigenvalue weighted by Gasteiger charge is -2.32. The van der Waals surface area contributed by atoms with E-state index in [4.69, 9.17) is 9.47 Å². The zero-order chi connectivity index (χ0) is 17.4. The maximum Gasteiger partial charge on any atom is 0.348 e. The summed E-state index contributed by atoms with van der Waals surface area (Å²) >= 11 is 0. The zero-order valence-corrected chi connectivity index (χ0v) is 14.1. The highest BCUT2D eigenvalue weighted by molar-refractivity contribution is 5.84. The molecule has 1 saturated heterocycles. The molecule has 2 aromatic carbocycles. The monoisotopic (exact) mass is 326 g/mol. The minimum atomic E-state index is -1.57. The van der Waals surface area contributed by atoms with Crippen LogP contribution >= 0.6 is 0 Å². The lowest BCUT2D eigenvalue weighted by molar-refractivity contribution is -0.175. The molecule has 24 heavy (non-hydrogen) atoms. The van der Waals surface area contributed by atoms with Crippen molar-refractivity contribution in [3.63, 3.8) is 0 Å². The molecular formula is C20H22O4. The van der Waals surface area contributed by atoms with Gasteiger partial charge in [-0.25, -0.2) is 4.79 Å². The molecular weight excluding hydrogens is 304 g/mol. The van der Waals surface area contributed by atoms with Crippen LogP contribution < -0.4 is 0 Å². The van der Waals surface area contributed by atoms with Gasteiger partial charge >= 0.3 is 5.97 Å². The molecule has 3 rings (SSSR count). The van der Waals surface area contributed by atoms with Crippen molar-refractivity contribution in [1.29, 1.82) is 0 Å². The maximum atomic E-state index is 12.9. The average Bonchev–Trinajstić information content (AvgIpc) is 2.94. The lowest BCUT2D eigenvalue weighted by atomic mass is 9.84. The molecule has 0 aliphatic carbocycles. The smallest absolute Gasteiger partial charge is 0.348 e. The van der Waals surface area contributed by atoms with Crippen LogP contribution in [0.25, 0.3) is 0 Å². The van der Waals surface area contributed by atoms with Crippen molar-refractivity contribution in [1.82, 2.24) is 0 Å². The summed E-state index contributed by atoms with van der Waals surface area (Å²) in [6.45, 7) is 5.79. The SMILES string of the molecule is CC(C)(C)[C@@H]1OC(=O)[C@@](c2ccccc2)([C@@H](O)c2ccccc2)O1. The summed E-state index contributed by atoms with van der Waals surface area (Å²) in [4.78, 5) is 12.9. The lowest BCUT2D eigenvalue weighted by Crippen LogP contribution is -2.41. The van der Waals surface area contributed by atoms with Gasteiger partial charge in [0, 0.05) is 5.41 Å². The van der Waals surface area contributed by atoms with Crippen LogP contribution in [-0.2, 0) is 19.9 Å². The van der Waals surface area contributed by atoms with Gasteiger partial charge in [0.1, 0.15) is 6.10 Å². The molecule has 1 fully saturated rings. The molecule has 1 N–H and O–H groups in total. The second kappa shape index (κ2) is 6.04. The van der Waals surface area contributed by atoms with Crippen LogP contribution in [0.4, 0.5) is 0 Å². The number of carbonyl (C=O) groups is 1. The fourth-order valence-corrected chi connectivity index (χ4v) is 2.85. The van der Waals surface area contributed by atoms with Gasteiger partial charge in [-0.1, -0.05) is 81.4 Å². The summed E-state index contributed by atoms with van der Waals surface area (Å²) in [6, 6.07) is 18.1. The van der Waals surface area contributed by atoms with Crippen LogP contribution in [0.3, 0.4) is 0 Å². The van der Waals surface area contributed by atoms with E-state index >= 15 is 0 Å². The molecule has 0 unspecified atom stereocenters. The molecule has 0 radical (unpaired) electrons. The second-order valence-corrected chi connectivity index (χ2v) is 7.14. The standard InChI is InChI=1S/C20H22O4/c1-19(2,3)18-23-17(22)20(24-18,15-12-8-5-9-13-15)16(21)14-10-6-4-7-11-14/h4-13,16,18,21H,1-3H3/t16-,18+,20+/m0/s1. The van der Waals surface area contributed by atoms with E-state index in [1.165, 1.54) is 0 Å². The minimum absolute atomic E-state index is 0.400. The van der Waals surface area contributed by atoms with Gasteiger partial charge in [-0.3, -0.25) is 0 Å². The summed E-state index contributed by atoms with van der Waals surface area (Å²) in [5, 5.41) is 11.1. The Morgan fingerprint density at radius 3 is 2.04 bits per heavy atom. The predicted molar refractivity (Wildman–Crippen MR) is 89.9 cm³/mol. The van der Waals surface area contributed by atoms with Gasteiger partial charge in [0.05, 0.1) is 0 Å². The number of hydrogen-bond donors (Lipinski definition) is 1. The van der Waals surface area contributed by atoms with Crippen molar-refractivity contribution in [3.05, 3.63) is 71.8 Å². The summed E-state index contributed by atoms with van der Waals surface area (Å²) in [7, 11) is 0. The molecule has 0 bridgehead atoms. The van der Waals surface area contributed by atoms with Gasteiger partial charge in [0.2, 0.25) is 11.9 Å². The first-order chi connectivity index (χ1) is 11.4. The maximum absolute atomic E-state index is 12.9. The van der Waals surface area contributed by atoms with E-state index in [0.29, 0.717) is 11.1 Å². The Balaban J connectivity index is 2.11. The molecule has 0 spiro atoms. The van der Waals surface area contributed by atoms with E-state index in [2.05, 4.69) is 0 Å². The third-order valence-electron chi connectivity index (χ3n) is 4.22. The van der Waals surface area contributed by atoms with E-state index in [-0.39, 0.29) is 0 Å².